The highest BCUT2D eigenvalue weighted by molar-refractivity contribution is 7.92. The number of hydrogen-bond acceptors (Lipinski definition) is 4. The van der Waals surface area contributed by atoms with E-state index in [1.54, 1.807) is 12.1 Å². The van der Waals surface area contributed by atoms with E-state index in [0.717, 1.165) is 24.2 Å². The van der Waals surface area contributed by atoms with Gasteiger partial charge in [-0.25, -0.2) is 8.42 Å². The maximum Gasteiger partial charge on any atom is 0.232 e. The molecule has 3 rings (SSSR count). The molecule has 0 atom stereocenters. The summed E-state index contributed by atoms with van der Waals surface area (Å²) in [5.74, 6) is -0.0718. The molecule has 1 fully saturated rings. The number of carbonyl (C=O) groups excluding carboxylic acids is 1. The van der Waals surface area contributed by atoms with Gasteiger partial charge >= 0.3 is 0 Å². The molecular formula is C24H33N3O3S. The van der Waals surface area contributed by atoms with Crippen molar-refractivity contribution in [3.8, 4) is 0 Å². The van der Waals surface area contributed by atoms with Gasteiger partial charge in [0.2, 0.25) is 15.9 Å². The number of nitrogens with one attached hydrogen (secondary N) is 1. The molecule has 1 amide bonds. The van der Waals surface area contributed by atoms with Crippen LogP contribution in [0.2, 0.25) is 0 Å². The van der Waals surface area contributed by atoms with Crippen molar-refractivity contribution in [1.29, 1.82) is 0 Å². The van der Waals surface area contributed by atoms with Gasteiger partial charge in [-0.2, -0.15) is 0 Å². The Morgan fingerprint density at radius 3 is 2.26 bits per heavy atom. The summed E-state index contributed by atoms with van der Waals surface area (Å²) >= 11 is 0. The maximum atomic E-state index is 12.3. The minimum absolute atomic E-state index is 0.0718. The maximum absolute atomic E-state index is 12.3. The Bertz CT molecular complexity index is 951. The third-order valence-electron chi connectivity index (χ3n) is 5.63. The number of nitrogens with zero attached hydrogens (tertiary/aromatic N) is 2. The highest BCUT2D eigenvalue weighted by Gasteiger charge is 2.17. The molecule has 0 radical (unpaired) electrons. The van der Waals surface area contributed by atoms with Crippen LogP contribution in [0.1, 0.15) is 43.2 Å². The average molecular weight is 444 g/mol. The summed E-state index contributed by atoms with van der Waals surface area (Å²) in [6, 6.07) is 15.7. The quantitative estimate of drug-likeness (QED) is 0.639. The Kier molecular flexibility index (Phi) is 7.96. The van der Waals surface area contributed by atoms with Gasteiger partial charge in [-0.15, -0.1) is 0 Å². The molecule has 7 heteroatoms. The summed E-state index contributed by atoms with van der Waals surface area (Å²) in [4.78, 5) is 14.7. The first-order valence-corrected chi connectivity index (χ1v) is 12.8. The average Bonchev–Trinajstić information content (AvgIpc) is 2.76. The lowest BCUT2D eigenvalue weighted by atomic mass is 10.1. The number of hydrogen-bond donors (Lipinski definition) is 1. The van der Waals surface area contributed by atoms with Gasteiger partial charge < -0.3 is 10.2 Å². The van der Waals surface area contributed by atoms with E-state index in [4.69, 9.17) is 0 Å². The molecule has 31 heavy (non-hydrogen) atoms. The molecule has 0 unspecified atom stereocenters. The van der Waals surface area contributed by atoms with Gasteiger partial charge in [0.1, 0.15) is 0 Å². The SMILES string of the molecule is Cc1ccc(N(CCCC(=O)NCc2ccc(N3CCCCC3)cc2)S(C)(=O)=O)cc1. The van der Waals surface area contributed by atoms with E-state index in [-0.39, 0.29) is 18.9 Å². The number of carbonyl (C=O) groups is 1. The molecule has 1 N–H and O–H groups in total. The second-order valence-corrected chi connectivity index (χ2v) is 10.2. The predicted octanol–water partition coefficient (Wildman–Crippen LogP) is 3.85. The zero-order chi connectivity index (χ0) is 22.3. The first-order chi connectivity index (χ1) is 14.8. The fourth-order valence-electron chi connectivity index (χ4n) is 3.85. The largest absolute Gasteiger partial charge is 0.372 e. The van der Waals surface area contributed by atoms with Crippen LogP contribution >= 0.6 is 0 Å². The Balaban J connectivity index is 1.45. The zero-order valence-corrected chi connectivity index (χ0v) is 19.3. The van der Waals surface area contributed by atoms with E-state index < -0.39 is 10.0 Å². The molecule has 2 aromatic carbocycles. The topological polar surface area (TPSA) is 69.7 Å². The Hall–Kier alpha value is -2.54. The van der Waals surface area contributed by atoms with E-state index in [1.807, 2.05) is 19.1 Å². The Morgan fingerprint density at radius 2 is 1.65 bits per heavy atom. The van der Waals surface area contributed by atoms with Gasteiger partial charge in [-0.3, -0.25) is 9.10 Å². The monoisotopic (exact) mass is 443 g/mol. The molecule has 0 bridgehead atoms. The second-order valence-electron chi connectivity index (χ2n) is 8.27. The molecule has 1 saturated heterocycles. The third-order valence-corrected chi connectivity index (χ3v) is 6.83. The van der Waals surface area contributed by atoms with E-state index in [0.29, 0.717) is 18.7 Å². The van der Waals surface area contributed by atoms with Crippen molar-refractivity contribution in [1.82, 2.24) is 5.32 Å². The van der Waals surface area contributed by atoms with Crippen LogP contribution in [-0.4, -0.2) is 40.2 Å². The molecular weight excluding hydrogens is 410 g/mol. The first kappa shape index (κ1) is 23.1. The van der Waals surface area contributed by atoms with Crippen molar-refractivity contribution in [3.63, 3.8) is 0 Å². The third kappa shape index (κ3) is 6.99. The predicted molar refractivity (Wildman–Crippen MR) is 127 cm³/mol. The van der Waals surface area contributed by atoms with Crippen molar-refractivity contribution >= 4 is 27.3 Å². The van der Waals surface area contributed by atoms with Crippen LogP contribution in [0.3, 0.4) is 0 Å². The van der Waals surface area contributed by atoms with Gasteiger partial charge in [0.25, 0.3) is 0 Å². The number of benzene rings is 2. The van der Waals surface area contributed by atoms with E-state index in [2.05, 4.69) is 34.5 Å². The molecule has 6 nitrogen and oxygen atoms in total. The van der Waals surface area contributed by atoms with E-state index >= 15 is 0 Å². The van der Waals surface area contributed by atoms with Gasteiger partial charge in [0.15, 0.2) is 0 Å². The van der Waals surface area contributed by atoms with Crippen molar-refractivity contribution in [3.05, 3.63) is 59.7 Å². The van der Waals surface area contributed by atoms with E-state index in [1.165, 1.54) is 35.5 Å². The lowest BCUT2D eigenvalue weighted by molar-refractivity contribution is -0.121. The minimum Gasteiger partial charge on any atom is -0.372 e. The number of anilines is 2. The molecule has 1 heterocycles. The van der Waals surface area contributed by atoms with E-state index in [9.17, 15) is 13.2 Å². The van der Waals surface area contributed by atoms with Crippen LogP contribution < -0.4 is 14.5 Å². The van der Waals surface area contributed by atoms with Crippen molar-refractivity contribution in [2.45, 2.75) is 45.6 Å². The van der Waals surface area contributed by atoms with Gasteiger partial charge in [0.05, 0.1) is 11.9 Å². The second kappa shape index (κ2) is 10.7. The van der Waals surface area contributed by atoms with Crippen LogP contribution in [-0.2, 0) is 21.4 Å². The molecule has 168 valence electrons. The van der Waals surface area contributed by atoms with Crippen LogP contribution in [0, 0.1) is 6.92 Å². The summed E-state index contributed by atoms with van der Waals surface area (Å²) in [7, 11) is -3.40. The summed E-state index contributed by atoms with van der Waals surface area (Å²) < 4.78 is 25.7. The molecule has 0 spiro atoms. The number of sulfonamides is 1. The molecule has 0 aromatic heterocycles. The molecule has 1 aliphatic heterocycles. The fourth-order valence-corrected chi connectivity index (χ4v) is 4.81. The zero-order valence-electron chi connectivity index (χ0n) is 18.5. The highest BCUT2D eigenvalue weighted by atomic mass is 32.2. The summed E-state index contributed by atoms with van der Waals surface area (Å²) in [6.07, 6.45) is 5.75. The number of aryl methyl sites for hydroxylation is 1. The van der Waals surface area contributed by atoms with Gasteiger partial charge in [0, 0.05) is 38.3 Å². The minimum atomic E-state index is -3.40. The fraction of sp³-hybridized carbons (Fsp3) is 0.458. The summed E-state index contributed by atoms with van der Waals surface area (Å²) in [5.41, 5.74) is 4.00. The number of amides is 1. The molecule has 0 aliphatic carbocycles. The van der Waals surface area contributed by atoms with Crippen LogP contribution in [0.5, 0.6) is 0 Å². The van der Waals surface area contributed by atoms with Crippen LogP contribution in [0.25, 0.3) is 0 Å². The normalized spacial score (nSPS) is 14.3. The first-order valence-electron chi connectivity index (χ1n) is 11.0. The Labute approximate surface area is 186 Å². The smallest absolute Gasteiger partial charge is 0.232 e. The van der Waals surface area contributed by atoms with Crippen molar-refractivity contribution in [2.24, 2.45) is 0 Å². The lowest BCUT2D eigenvalue weighted by Gasteiger charge is -2.28. The van der Waals surface area contributed by atoms with Gasteiger partial charge in [-0.1, -0.05) is 29.8 Å². The number of piperidine rings is 1. The van der Waals surface area contributed by atoms with Crippen molar-refractivity contribution < 1.29 is 13.2 Å². The molecule has 2 aromatic rings. The molecule has 1 aliphatic rings. The number of rotatable bonds is 9. The summed E-state index contributed by atoms with van der Waals surface area (Å²) in [5, 5.41) is 2.94. The lowest BCUT2D eigenvalue weighted by Crippen LogP contribution is -2.32. The molecule has 0 saturated carbocycles. The standard InChI is InChI=1S/C24H33N3O3S/c1-20-8-12-23(13-9-20)27(31(2,29)30)18-6-7-24(28)25-19-21-10-14-22(15-11-21)26-16-4-3-5-17-26/h8-15H,3-7,16-19H2,1-2H3,(H,25,28). The highest BCUT2D eigenvalue weighted by Crippen LogP contribution is 2.21. The Morgan fingerprint density at radius 1 is 1.00 bits per heavy atom. The van der Waals surface area contributed by atoms with Gasteiger partial charge in [-0.05, 0) is 62.4 Å². The van der Waals surface area contributed by atoms with Crippen LogP contribution in [0.4, 0.5) is 11.4 Å². The van der Waals surface area contributed by atoms with Crippen molar-refractivity contribution in [2.75, 3.05) is 35.1 Å². The van der Waals surface area contributed by atoms with Crippen LogP contribution in [0.15, 0.2) is 48.5 Å². The summed E-state index contributed by atoms with van der Waals surface area (Å²) in [6.45, 7) is 4.94.